The van der Waals surface area contributed by atoms with Crippen molar-refractivity contribution in [2.24, 2.45) is 5.92 Å². The predicted molar refractivity (Wildman–Crippen MR) is 77.7 cm³/mol. The molecule has 112 valence electrons. The number of nitrogens with one attached hydrogen (secondary N) is 1. The summed E-state index contributed by atoms with van der Waals surface area (Å²) in [5.74, 6) is 1.28. The zero-order valence-corrected chi connectivity index (χ0v) is 12.8. The Labute approximate surface area is 122 Å². The zero-order chi connectivity index (χ0) is 14.8. The smallest absolute Gasteiger partial charge is 0.352 e. The number of carboxylic acids is 1. The maximum atomic E-state index is 12.2. The normalized spacial score (nSPS) is 19.4. The molecule has 20 heavy (non-hydrogen) atoms. The van der Waals surface area contributed by atoms with E-state index >= 15 is 0 Å². The first-order valence-corrected chi connectivity index (χ1v) is 9.08. The van der Waals surface area contributed by atoms with Crippen molar-refractivity contribution in [2.45, 2.75) is 24.8 Å². The maximum absolute atomic E-state index is 12.2. The second-order valence-corrected chi connectivity index (χ2v) is 7.65. The molecule has 1 saturated heterocycles. The Morgan fingerprint density at radius 2 is 2.35 bits per heavy atom. The van der Waals surface area contributed by atoms with Gasteiger partial charge < -0.3 is 9.67 Å². The van der Waals surface area contributed by atoms with E-state index in [-0.39, 0.29) is 10.6 Å². The minimum absolute atomic E-state index is 0.00991. The molecule has 2 rings (SSSR count). The lowest BCUT2D eigenvalue weighted by atomic mass is 10.1. The molecule has 1 aromatic rings. The van der Waals surface area contributed by atoms with Crippen LogP contribution in [-0.4, -0.2) is 42.1 Å². The van der Waals surface area contributed by atoms with Crippen LogP contribution >= 0.6 is 11.8 Å². The van der Waals surface area contributed by atoms with Crippen LogP contribution < -0.4 is 4.72 Å². The third kappa shape index (κ3) is 3.36. The van der Waals surface area contributed by atoms with Gasteiger partial charge in [-0.3, -0.25) is 0 Å². The molecular formula is C12H18N2O4S2. The van der Waals surface area contributed by atoms with Crippen LogP contribution in [0, 0.1) is 5.92 Å². The summed E-state index contributed by atoms with van der Waals surface area (Å²) in [7, 11) is -3.64. The number of thioether (sulfide) groups is 1. The largest absolute Gasteiger partial charge is 0.477 e. The SMILES string of the molecule is CCn1cc(S(=O)(=O)NCC2CCSC2)cc1C(=O)O. The molecule has 0 spiro atoms. The van der Waals surface area contributed by atoms with E-state index in [1.165, 1.54) is 16.8 Å². The number of aryl methyl sites for hydroxylation is 1. The average Bonchev–Trinajstić information content (AvgIpc) is 3.05. The molecule has 1 fully saturated rings. The number of rotatable bonds is 6. The van der Waals surface area contributed by atoms with E-state index in [0.29, 0.717) is 19.0 Å². The van der Waals surface area contributed by atoms with Gasteiger partial charge in [0.2, 0.25) is 10.0 Å². The van der Waals surface area contributed by atoms with Gasteiger partial charge in [-0.15, -0.1) is 0 Å². The molecule has 0 aliphatic carbocycles. The van der Waals surface area contributed by atoms with E-state index in [1.54, 1.807) is 6.92 Å². The van der Waals surface area contributed by atoms with Crippen molar-refractivity contribution >= 4 is 27.8 Å². The molecule has 2 N–H and O–H groups in total. The zero-order valence-electron chi connectivity index (χ0n) is 11.2. The van der Waals surface area contributed by atoms with E-state index in [9.17, 15) is 13.2 Å². The minimum atomic E-state index is -3.64. The molecule has 1 unspecified atom stereocenters. The topological polar surface area (TPSA) is 88.4 Å². The van der Waals surface area contributed by atoms with E-state index in [0.717, 1.165) is 17.9 Å². The molecule has 0 bridgehead atoms. The predicted octanol–water partition coefficient (Wildman–Crippen LogP) is 1.24. The average molecular weight is 318 g/mol. The molecule has 1 atom stereocenters. The number of sulfonamides is 1. The third-order valence-corrected chi connectivity index (χ3v) is 5.95. The van der Waals surface area contributed by atoms with Gasteiger partial charge in [-0.05, 0) is 36.8 Å². The molecule has 1 aromatic heterocycles. The summed E-state index contributed by atoms with van der Waals surface area (Å²) < 4.78 is 28.3. The standard InChI is InChI=1S/C12H18N2O4S2/c1-2-14-7-10(5-11(14)12(15)16)20(17,18)13-6-9-3-4-19-8-9/h5,7,9,13H,2-4,6,8H2,1H3,(H,15,16). The second-order valence-electron chi connectivity index (χ2n) is 4.73. The number of carboxylic acid groups (broad SMARTS) is 1. The first kappa shape index (κ1) is 15.4. The molecule has 6 nitrogen and oxygen atoms in total. The summed E-state index contributed by atoms with van der Waals surface area (Å²) in [6.07, 6.45) is 2.39. The Balaban J connectivity index is 2.14. The van der Waals surface area contributed by atoms with Crippen molar-refractivity contribution in [3.8, 4) is 0 Å². The Morgan fingerprint density at radius 1 is 1.60 bits per heavy atom. The van der Waals surface area contributed by atoms with Gasteiger partial charge in [0.05, 0.1) is 0 Å². The highest BCUT2D eigenvalue weighted by Gasteiger charge is 2.23. The summed E-state index contributed by atoms with van der Waals surface area (Å²) in [6, 6.07) is 1.21. The number of nitrogens with zero attached hydrogens (tertiary/aromatic N) is 1. The highest BCUT2D eigenvalue weighted by Crippen LogP contribution is 2.23. The van der Waals surface area contributed by atoms with Crippen LogP contribution in [0.5, 0.6) is 0 Å². The van der Waals surface area contributed by atoms with Gasteiger partial charge in [0.15, 0.2) is 0 Å². The summed E-state index contributed by atoms with van der Waals surface area (Å²) in [5, 5.41) is 9.04. The van der Waals surface area contributed by atoms with Crippen LogP contribution in [0.4, 0.5) is 0 Å². The number of hydrogen-bond donors (Lipinski definition) is 2. The van der Waals surface area contributed by atoms with Gasteiger partial charge in [-0.25, -0.2) is 17.9 Å². The fraction of sp³-hybridized carbons (Fsp3) is 0.583. The monoisotopic (exact) mass is 318 g/mol. The Morgan fingerprint density at radius 3 is 2.85 bits per heavy atom. The van der Waals surface area contributed by atoms with E-state index in [1.807, 2.05) is 11.8 Å². The Hall–Kier alpha value is -0.990. The van der Waals surface area contributed by atoms with Crippen molar-refractivity contribution in [3.63, 3.8) is 0 Å². The third-order valence-electron chi connectivity index (χ3n) is 3.33. The number of hydrogen-bond acceptors (Lipinski definition) is 4. The van der Waals surface area contributed by atoms with Gasteiger partial charge in [0.25, 0.3) is 0 Å². The molecule has 1 aliphatic rings. The number of carbonyl (C=O) groups is 1. The van der Waals surface area contributed by atoms with Crippen molar-refractivity contribution in [1.82, 2.24) is 9.29 Å². The number of aromatic carboxylic acids is 1. The van der Waals surface area contributed by atoms with Gasteiger partial charge in [0, 0.05) is 19.3 Å². The second kappa shape index (κ2) is 6.19. The molecule has 8 heteroatoms. The van der Waals surface area contributed by atoms with Crippen molar-refractivity contribution in [3.05, 3.63) is 18.0 Å². The van der Waals surface area contributed by atoms with Crippen LogP contribution in [0.15, 0.2) is 17.2 Å². The summed E-state index contributed by atoms with van der Waals surface area (Å²) in [6.45, 7) is 2.59. The van der Waals surface area contributed by atoms with Crippen LogP contribution in [0.1, 0.15) is 23.8 Å². The summed E-state index contributed by atoms with van der Waals surface area (Å²) >= 11 is 1.83. The quantitative estimate of drug-likeness (QED) is 0.824. The van der Waals surface area contributed by atoms with Crippen molar-refractivity contribution in [2.75, 3.05) is 18.1 Å². The van der Waals surface area contributed by atoms with E-state index in [4.69, 9.17) is 5.11 Å². The number of aromatic nitrogens is 1. The van der Waals surface area contributed by atoms with E-state index < -0.39 is 16.0 Å². The first-order valence-electron chi connectivity index (χ1n) is 6.45. The minimum Gasteiger partial charge on any atom is -0.477 e. The molecule has 0 saturated carbocycles. The van der Waals surface area contributed by atoms with Gasteiger partial charge >= 0.3 is 5.97 Å². The van der Waals surface area contributed by atoms with Gasteiger partial charge in [-0.2, -0.15) is 11.8 Å². The van der Waals surface area contributed by atoms with Crippen molar-refractivity contribution < 1.29 is 18.3 Å². The lowest BCUT2D eigenvalue weighted by Crippen LogP contribution is -2.29. The maximum Gasteiger partial charge on any atom is 0.352 e. The Bertz CT molecular complexity index is 589. The lowest BCUT2D eigenvalue weighted by molar-refractivity contribution is 0.0685. The Kier molecular flexibility index (Phi) is 4.77. The highest BCUT2D eigenvalue weighted by molar-refractivity contribution is 7.99. The fourth-order valence-corrected chi connectivity index (χ4v) is 4.57. The van der Waals surface area contributed by atoms with Crippen molar-refractivity contribution in [1.29, 1.82) is 0 Å². The molecule has 0 amide bonds. The summed E-state index contributed by atoms with van der Waals surface area (Å²) in [5.41, 5.74) is -0.00991. The lowest BCUT2D eigenvalue weighted by Gasteiger charge is -2.09. The molecular weight excluding hydrogens is 300 g/mol. The summed E-state index contributed by atoms with van der Waals surface area (Å²) in [4.78, 5) is 11.1. The fourth-order valence-electron chi connectivity index (χ4n) is 2.13. The van der Waals surface area contributed by atoms with Crippen LogP contribution in [0.25, 0.3) is 0 Å². The van der Waals surface area contributed by atoms with Crippen LogP contribution in [-0.2, 0) is 16.6 Å². The first-order chi connectivity index (χ1) is 9.44. The molecule has 0 radical (unpaired) electrons. The molecule has 0 aromatic carbocycles. The van der Waals surface area contributed by atoms with Gasteiger partial charge in [0.1, 0.15) is 10.6 Å². The van der Waals surface area contributed by atoms with Crippen LogP contribution in [0.3, 0.4) is 0 Å². The molecule has 1 aliphatic heterocycles. The van der Waals surface area contributed by atoms with E-state index in [2.05, 4.69) is 4.72 Å². The molecule has 2 heterocycles. The highest BCUT2D eigenvalue weighted by atomic mass is 32.2. The van der Waals surface area contributed by atoms with Gasteiger partial charge in [-0.1, -0.05) is 0 Å². The van der Waals surface area contributed by atoms with Crippen LogP contribution in [0.2, 0.25) is 0 Å².